The Labute approximate surface area is 77.4 Å². The molecule has 0 aliphatic rings. The normalized spacial score (nSPS) is 11.8. The largest absolute Gasteiger partial charge is 0.361 e. The van der Waals surface area contributed by atoms with Gasteiger partial charge in [-0.3, -0.25) is 4.79 Å². The summed E-state index contributed by atoms with van der Waals surface area (Å²) in [5, 5.41) is 3.80. The molecule has 0 aromatic carbocycles. The van der Waals surface area contributed by atoms with Crippen LogP contribution in [0.25, 0.3) is 6.08 Å². The molecule has 0 amide bonds. The first kappa shape index (κ1) is 9.71. The highest BCUT2D eigenvalue weighted by atomic mass is 16.5. The number of Topliss-reactive ketones (excluding diaryl/α,β-unsaturated/α-hetero) is 1. The first-order valence-electron chi connectivity index (χ1n) is 4.14. The molecule has 0 spiro atoms. The lowest BCUT2D eigenvalue weighted by Gasteiger charge is -1.94. The van der Waals surface area contributed by atoms with Gasteiger partial charge in [0.1, 0.15) is 5.76 Å². The summed E-state index contributed by atoms with van der Waals surface area (Å²) in [6.07, 6.45) is 1.81. The molecule has 70 valence electrons. The number of allylic oxidation sites excluding steroid dienone is 1. The van der Waals surface area contributed by atoms with Crippen LogP contribution in [0.1, 0.15) is 30.9 Å². The number of hydrogen-bond acceptors (Lipinski definition) is 3. The highest BCUT2D eigenvalue weighted by Crippen LogP contribution is 2.16. The van der Waals surface area contributed by atoms with E-state index in [1.54, 1.807) is 13.8 Å². The molecule has 1 rings (SSSR count). The minimum atomic E-state index is 0.0694. The topological polar surface area (TPSA) is 43.1 Å². The zero-order valence-corrected chi connectivity index (χ0v) is 8.34. The molecular weight excluding hydrogens is 166 g/mol. The van der Waals surface area contributed by atoms with Crippen LogP contribution in [0.3, 0.4) is 0 Å². The molecular formula is C10H13NO2. The molecule has 3 nitrogen and oxygen atoms in total. The molecule has 13 heavy (non-hydrogen) atoms. The van der Waals surface area contributed by atoms with E-state index in [4.69, 9.17) is 4.52 Å². The van der Waals surface area contributed by atoms with Gasteiger partial charge in [-0.05, 0) is 39.3 Å². The Balaban J connectivity index is 3.10. The first-order valence-corrected chi connectivity index (χ1v) is 4.14. The van der Waals surface area contributed by atoms with Crippen molar-refractivity contribution in [2.24, 2.45) is 0 Å². The summed E-state index contributed by atoms with van der Waals surface area (Å²) < 4.78 is 4.97. The van der Waals surface area contributed by atoms with Crippen molar-refractivity contribution in [3.63, 3.8) is 0 Å². The maximum absolute atomic E-state index is 11.0. The van der Waals surface area contributed by atoms with E-state index in [-0.39, 0.29) is 5.78 Å². The van der Waals surface area contributed by atoms with Crippen LogP contribution in [0.15, 0.2) is 10.1 Å². The second-order valence-electron chi connectivity index (χ2n) is 3.12. The summed E-state index contributed by atoms with van der Waals surface area (Å²) in [7, 11) is 0. The van der Waals surface area contributed by atoms with E-state index in [1.165, 1.54) is 0 Å². The molecule has 1 heterocycles. The van der Waals surface area contributed by atoms with E-state index in [1.807, 2.05) is 19.9 Å². The third kappa shape index (κ3) is 2.05. The van der Waals surface area contributed by atoms with Gasteiger partial charge in [0.25, 0.3) is 0 Å². The molecule has 0 radical (unpaired) electrons. The lowest BCUT2D eigenvalue weighted by atomic mass is 10.1. The van der Waals surface area contributed by atoms with Gasteiger partial charge in [-0.15, -0.1) is 0 Å². The summed E-state index contributed by atoms with van der Waals surface area (Å²) in [6, 6.07) is 0. The number of carbonyl (C=O) groups is 1. The molecule has 0 fully saturated rings. The molecule has 1 aromatic heterocycles. The number of carbonyl (C=O) groups excluding carboxylic acids is 1. The summed E-state index contributed by atoms with van der Waals surface area (Å²) in [5.41, 5.74) is 2.44. The predicted octanol–water partition coefficient (Wildman–Crippen LogP) is 2.28. The van der Waals surface area contributed by atoms with Crippen molar-refractivity contribution in [2.75, 3.05) is 0 Å². The smallest absolute Gasteiger partial charge is 0.155 e. The van der Waals surface area contributed by atoms with E-state index in [0.29, 0.717) is 0 Å². The summed E-state index contributed by atoms with van der Waals surface area (Å²) in [5.74, 6) is 0.818. The van der Waals surface area contributed by atoms with Gasteiger partial charge in [0.2, 0.25) is 0 Å². The summed E-state index contributed by atoms with van der Waals surface area (Å²) >= 11 is 0. The molecule has 0 unspecified atom stereocenters. The molecule has 0 saturated heterocycles. The fourth-order valence-corrected chi connectivity index (χ4v) is 1.01. The van der Waals surface area contributed by atoms with Crippen molar-refractivity contribution < 1.29 is 9.32 Å². The van der Waals surface area contributed by atoms with Gasteiger partial charge < -0.3 is 4.52 Å². The standard InChI is InChI=1S/C10H13NO2/c1-6(8(3)12)5-10-7(2)11-13-9(10)4/h5H,1-4H3. The fraction of sp³-hybridized carbons (Fsp3) is 0.400. The van der Waals surface area contributed by atoms with Gasteiger partial charge >= 0.3 is 0 Å². The van der Waals surface area contributed by atoms with Gasteiger partial charge in [-0.25, -0.2) is 0 Å². The maximum atomic E-state index is 11.0. The van der Waals surface area contributed by atoms with Crippen LogP contribution in [0.5, 0.6) is 0 Å². The average molecular weight is 179 g/mol. The van der Waals surface area contributed by atoms with Crippen molar-refractivity contribution in [3.05, 3.63) is 22.6 Å². The minimum Gasteiger partial charge on any atom is -0.361 e. The zero-order valence-electron chi connectivity index (χ0n) is 8.34. The molecule has 0 atom stereocenters. The van der Waals surface area contributed by atoms with Crippen molar-refractivity contribution in [2.45, 2.75) is 27.7 Å². The second kappa shape index (κ2) is 3.56. The second-order valence-corrected chi connectivity index (χ2v) is 3.12. The molecule has 0 saturated carbocycles. The van der Waals surface area contributed by atoms with Gasteiger partial charge in [-0.1, -0.05) is 5.16 Å². The number of aromatic nitrogens is 1. The van der Waals surface area contributed by atoms with Gasteiger partial charge in [0.15, 0.2) is 5.78 Å². The van der Waals surface area contributed by atoms with Crippen molar-refractivity contribution in [1.29, 1.82) is 0 Å². The molecule has 3 heteroatoms. The number of ketones is 1. The Bertz CT molecular complexity index is 342. The molecule has 0 N–H and O–H groups in total. The number of hydrogen-bond donors (Lipinski definition) is 0. The molecule has 0 bridgehead atoms. The quantitative estimate of drug-likeness (QED) is 0.654. The minimum absolute atomic E-state index is 0.0694. The van der Waals surface area contributed by atoms with Gasteiger partial charge in [0, 0.05) is 5.56 Å². The van der Waals surface area contributed by atoms with Crippen LogP contribution < -0.4 is 0 Å². The molecule has 0 aliphatic heterocycles. The molecule has 0 aliphatic carbocycles. The Morgan fingerprint density at radius 2 is 2.00 bits per heavy atom. The SMILES string of the molecule is CC(=O)C(C)=Cc1c(C)noc1C. The van der Waals surface area contributed by atoms with E-state index in [9.17, 15) is 4.79 Å². The first-order chi connectivity index (χ1) is 6.02. The Hall–Kier alpha value is -1.38. The predicted molar refractivity (Wildman–Crippen MR) is 50.3 cm³/mol. The zero-order chi connectivity index (χ0) is 10.0. The highest BCUT2D eigenvalue weighted by Gasteiger charge is 2.07. The number of nitrogens with zero attached hydrogens (tertiary/aromatic N) is 1. The Morgan fingerprint density at radius 1 is 1.38 bits per heavy atom. The monoisotopic (exact) mass is 179 g/mol. The van der Waals surface area contributed by atoms with Crippen LogP contribution in [0, 0.1) is 13.8 Å². The lowest BCUT2D eigenvalue weighted by Crippen LogP contribution is -1.91. The summed E-state index contributed by atoms with van der Waals surface area (Å²) in [4.78, 5) is 11.0. The van der Waals surface area contributed by atoms with Crippen LogP contribution >= 0.6 is 0 Å². The maximum Gasteiger partial charge on any atom is 0.155 e. The van der Waals surface area contributed by atoms with Crippen molar-refractivity contribution in [3.8, 4) is 0 Å². The van der Waals surface area contributed by atoms with E-state index in [0.717, 1.165) is 22.6 Å². The van der Waals surface area contributed by atoms with Crippen LogP contribution in [0.4, 0.5) is 0 Å². The number of aryl methyl sites for hydroxylation is 2. The Morgan fingerprint density at radius 3 is 2.38 bits per heavy atom. The third-order valence-corrected chi connectivity index (χ3v) is 2.00. The average Bonchev–Trinajstić information content (AvgIpc) is 2.35. The van der Waals surface area contributed by atoms with Crippen molar-refractivity contribution in [1.82, 2.24) is 5.16 Å². The van der Waals surface area contributed by atoms with Gasteiger partial charge in [0.05, 0.1) is 5.69 Å². The third-order valence-electron chi connectivity index (χ3n) is 2.00. The molecule has 1 aromatic rings. The number of rotatable bonds is 2. The van der Waals surface area contributed by atoms with Crippen LogP contribution in [-0.4, -0.2) is 10.9 Å². The lowest BCUT2D eigenvalue weighted by molar-refractivity contribution is -0.113. The van der Waals surface area contributed by atoms with E-state index in [2.05, 4.69) is 5.16 Å². The van der Waals surface area contributed by atoms with Crippen LogP contribution in [0.2, 0.25) is 0 Å². The highest BCUT2D eigenvalue weighted by molar-refractivity contribution is 5.97. The van der Waals surface area contributed by atoms with Crippen molar-refractivity contribution >= 4 is 11.9 Å². The van der Waals surface area contributed by atoms with E-state index >= 15 is 0 Å². The van der Waals surface area contributed by atoms with Gasteiger partial charge in [-0.2, -0.15) is 0 Å². The van der Waals surface area contributed by atoms with Crippen LogP contribution in [-0.2, 0) is 4.79 Å². The summed E-state index contributed by atoms with van der Waals surface area (Å²) in [6.45, 7) is 7.02. The Kier molecular flexibility index (Phi) is 2.66. The van der Waals surface area contributed by atoms with E-state index < -0.39 is 0 Å². The fourth-order valence-electron chi connectivity index (χ4n) is 1.01.